The van der Waals surface area contributed by atoms with Crippen molar-refractivity contribution in [2.75, 3.05) is 11.1 Å². The Bertz CT molecular complexity index is 1090. The van der Waals surface area contributed by atoms with Crippen LogP contribution in [0.15, 0.2) is 63.4 Å². The zero-order valence-corrected chi connectivity index (χ0v) is 18.1. The molecule has 3 rings (SSSR count). The summed E-state index contributed by atoms with van der Waals surface area (Å²) in [5, 5.41) is 3.78. The van der Waals surface area contributed by atoms with Gasteiger partial charge < -0.3 is 5.32 Å². The van der Waals surface area contributed by atoms with Gasteiger partial charge in [-0.2, -0.15) is 8.78 Å². The highest BCUT2D eigenvalue weighted by Gasteiger charge is 2.16. The van der Waals surface area contributed by atoms with E-state index in [1.807, 2.05) is 19.9 Å². The van der Waals surface area contributed by atoms with Crippen molar-refractivity contribution in [3.63, 3.8) is 0 Å². The number of amides is 1. The van der Waals surface area contributed by atoms with E-state index in [1.165, 1.54) is 23.9 Å². The second kappa shape index (κ2) is 10.1. The summed E-state index contributed by atoms with van der Waals surface area (Å²) in [6.07, 6.45) is 0.753. The molecule has 30 heavy (non-hydrogen) atoms. The predicted octanol–water partition coefficient (Wildman–Crippen LogP) is 5.41. The van der Waals surface area contributed by atoms with Crippen molar-refractivity contribution in [3.05, 3.63) is 58.9 Å². The maximum Gasteiger partial charge on any atom is 0.288 e. The normalized spacial score (nSPS) is 12.3. The lowest BCUT2D eigenvalue weighted by molar-refractivity contribution is -0.113. The monoisotopic (exact) mass is 449 g/mol. The summed E-state index contributed by atoms with van der Waals surface area (Å²) in [4.78, 5) is 30.3. The van der Waals surface area contributed by atoms with E-state index in [-0.39, 0.29) is 23.3 Å². The number of halogens is 2. The third kappa shape index (κ3) is 5.40. The Kier molecular flexibility index (Phi) is 7.49. The summed E-state index contributed by atoms with van der Waals surface area (Å²) in [5.41, 5.74) is 0.993. The Morgan fingerprint density at radius 2 is 1.87 bits per heavy atom. The van der Waals surface area contributed by atoms with Crippen molar-refractivity contribution >= 4 is 46.0 Å². The van der Waals surface area contributed by atoms with Gasteiger partial charge in [0.05, 0.1) is 16.7 Å². The number of carbonyl (C=O) groups excluding carboxylic acids is 1. The lowest BCUT2D eigenvalue weighted by atomic mass is 10.2. The van der Waals surface area contributed by atoms with Gasteiger partial charge in [0.2, 0.25) is 5.91 Å². The first-order valence-corrected chi connectivity index (χ1v) is 11.2. The number of carbonyl (C=O) groups is 1. The Morgan fingerprint density at radius 1 is 1.17 bits per heavy atom. The van der Waals surface area contributed by atoms with Crippen LogP contribution in [-0.2, 0) is 4.79 Å². The molecule has 0 saturated carbocycles. The lowest BCUT2D eigenvalue weighted by Crippen LogP contribution is -2.26. The standard InChI is InChI=1S/C21H21F2N3O2S2/c1-3-13(2)26-19(28)16-6-4-5-7-17(16)25-21(26)29-12-18(27)24-14-8-10-15(11-9-14)30-20(22)23/h4-11,13,20H,3,12H2,1-2H3,(H,24,27). The summed E-state index contributed by atoms with van der Waals surface area (Å²) >= 11 is 1.65. The summed E-state index contributed by atoms with van der Waals surface area (Å²) in [6, 6.07) is 13.3. The molecule has 1 N–H and O–H groups in total. The van der Waals surface area contributed by atoms with Crippen LogP contribution in [0.2, 0.25) is 0 Å². The Morgan fingerprint density at radius 3 is 2.53 bits per heavy atom. The maximum absolute atomic E-state index is 12.9. The molecule has 158 valence electrons. The molecule has 0 bridgehead atoms. The molecule has 1 aromatic heterocycles. The van der Waals surface area contributed by atoms with Crippen molar-refractivity contribution in [1.29, 1.82) is 0 Å². The van der Waals surface area contributed by atoms with E-state index in [9.17, 15) is 18.4 Å². The Hall–Kier alpha value is -2.39. The number of nitrogens with zero attached hydrogens (tertiary/aromatic N) is 2. The minimum atomic E-state index is -2.49. The highest BCUT2D eigenvalue weighted by Crippen LogP contribution is 2.26. The molecule has 1 atom stereocenters. The van der Waals surface area contributed by atoms with Gasteiger partial charge in [0, 0.05) is 16.6 Å². The summed E-state index contributed by atoms with van der Waals surface area (Å²) in [7, 11) is 0. The average Bonchev–Trinajstić information content (AvgIpc) is 2.73. The number of rotatable bonds is 8. The van der Waals surface area contributed by atoms with Crippen LogP contribution in [0, 0.1) is 0 Å². The number of thioether (sulfide) groups is 2. The number of hydrogen-bond donors (Lipinski definition) is 1. The Balaban J connectivity index is 1.74. The fraction of sp³-hybridized carbons (Fsp3) is 0.286. The van der Waals surface area contributed by atoms with Crippen molar-refractivity contribution in [1.82, 2.24) is 9.55 Å². The van der Waals surface area contributed by atoms with E-state index in [4.69, 9.17) is 0 Å². The van der Waals surface area contributed by atoms with Gasteiger partial charge in [-0.05, 0) is 49.7 Å². The third-order valence-corrected chi connectivity index (χ3v) is 6.18. The second-order valence-corrected chi connectivity index (χ2v) is 8.59. The van der Waals surface area contributed by atoms with Gasteiger partial charge in [0.15, 0.2) is 5.16 Å². The average molecular weight is 450 g/mol. The van der Waals surface area contributed by atoms with Crippen molar-refractivity contribution < 1.29 is 13.6 Å². The summed E-state index contributed by atoms with van der Waals surface area (Å²) < 4.78 is 26.4. The van der Waals surface area contributed by atoms with Crippen LogP contribution in [0.1, 0.15) is 26.3 Å². The number of fused-ring (bicyclic) bond motifs is 1. The second-order valence-electron chi connectivity index (χ2n) is 6.58. The first kappa shape index (κ1) is 22.3. The van der Waals surface area contributed by atoms with Gasteiger partial charge in [0.1, 0.15) is 0 Å². The predicted molar refractivity (Wildman–Crippen MR) is 119 cm³/mol. The van der Waals surface area contributed by atoms with Gasteiger partial charge in [-0.15, -0.1) is 0 Å². The van der Waals surface area contributed by atoms with Crippen LogP contribution < -0.4 is 10.9 Å². The zero-order valence-electron chi connectivity index (χ0n) is 16.5. The minimum absolute atomic E-state index is 0.0555. The molecule has 1 heterocycles. The third-order valence-electron chi connectivity index (χ3n) is 4.50. The molecule has 2 aromatic carbocycles. The number of anilines is 1. The number of aromatic nitrogens is 2. The van der Waals surface area contributed by atoms with Crippen molar-refractivity contribution in [2.45, 2.75) is 42.1 Å². The number of nitrogens with one attached hydrogen (secondary N) is 1. The summed E-state index contributed by atoms with van der Waals surface area (Å²) in [5.74, 6) is -2.69. The van der Waals surface area contributed by atoms with E-state index in [2.05, 4.69) is 10.3 Å². The molecule has 0 radical (unpaired) electrons. The molecule has 0 saturated heterocycles. The van der Waals surface area contributed by atoms with E-state index in [0.29, 0.717) is 38.4 Å². The molecule has 3 aromatic rings. The smallest absolute Gasteiger partial charge is 0.288 e. The molecule has 1 unspecified atom stereocenters. The molecule has 0 spiro atoms. The number of para-hydroxylation sites is 1. The van der Waals surface area contributed by atoms with Gasteiger partial charge in [0.25, 0.3) is 11.3 Å². The van der Waals surface area contributed by atoms with Gasteiger partial charge in [-0.25, -0.2) is 4.98 Å². The molecule has 1 amide bonds. The van der Waals surface area contributed by atoms with E-state index < -0.39 is 5.76 Å². The molecule has 0 fully saturated rings. The largest absolute Gasteiger partial charge is 0.325 e. The van der Waals surface area contributed by atoms with Gasteiger partial charge >= 0.3 is 0 Å². The zero-order chi connectivity index (χ0) is 21.7. The first-order chi connectivity index (χ1) is 14.4. The molecular weight excluding hydrogens is 428 g/mol. The van der Waals surface area contributed by atoms with Crippen molar-refractivity contribution in [2.24, 2.45) is 0 Å². The molecule has 0 aliphatic carbocycles. The highest BCUT2D eigenvalue weighted by atomic mass is 32.2. The quantitative estimate of drug-likeness (QED) is 0.368. The molecular formula is C21H21F2N3O2S2. The minimum Gasteiger partial charge on any atom is -0.325 e. The summed E-state index contributed by atoms with van der Waals surface area (Å²) in [6.45, 7) is 3.93. The maximum atomic E-state index is 12.9. The fourth-order valence-corrected chi connectivity index (χ4v) is 4.24. The lowest BCUT2D eigenvalue weighted by Gasteiger charge is -2.18. The fourth-order valence-electron chi connectivity index (χ4n) is 2.85. The number of alkyl halides is 2. The number of benzene rings is 2. The highest BCUT2D eigenvalue weighted by molar-refractivity contribution is 8.00. The molecule has 0 aliphatic heterocycles. The van der Waals surface area contributed by atoms with Crippen LogP contribution in [0.25, 0.3) is 10.9 Å². The van der Waals surface area contributed by atoms with Crippen LogP contribution in [-0.4, -0.2) is 27.0 Å². The SMILES string of the molecule is CCC(C)n1c(SCC(=O)Nc2ccc(SC(F)F)cc2)nc2ccccc2c1=O. The molecule has 9 heteroatoms. The van der Waals surface area contributed by atoms with Gasteiger partial charge in [-0.1, -0.05) is 42.6 Å². The van der Waals surface area contributed by atoms with Crippen LogP contribution >= 0.6 is 23.5 Å². The molecule has 5 nitrogen and oxygen atoms in total. The first-order valence-electron chi connectivity index (χ1n) is 9.37. The van der Waals surface area contributed by atoms with Crippen LogP contribution in [0.5, 0.6) is 0 Å². The van der Waals surface area contributed by atoms with Crippen LogP contribution in [0.4, 0.5) is 14.5 Å². The van der Waals surface area contributed by atoms with E-state index >= 15 is 0 Å². The Labute approximate surface area is 181 Å². The molecule has 0 aliphatic rings. The van der Waals surface area contributed by atoms with E-state index in [0.717, 1.165) is 6.42 Å². The van der Waals surface area contributed by atoms with Crippen molar-refractivity contribution in [3.8, 4) is 0 Å². The van der Waals surface area contributed by atoms with Crippen LogP contribution in [0.3, 0.4) is 0 Å². The topological polar surface area (TPSA) is 64.0 Å². The van der Waals surface area contributed by atoms with E-state index in [1.54, 1.807) is 34.9 Å². The van der Waals surface area contributed by atoms with Gasteiger partial charge in [-0.3, -0.25) is 14.2 Å². The number of hydrogen-bond acceptors (Lipinski definition) is 5.